The summed E-state index contributed by atoms with van der Waals surface area (Å²) in [5, 5.41) is 7.85. The van der Waals surface area contributed by atoms with Gasteiger partial charge in [-0.25, -0.2) is 4.68 Å². The molecule has 13 heavy (non-hydrogen) atoms. The lowest BCUT2D eigenvalue weighted by molar-refractivity contribution is 0.460. The standard InChI is InChI=1S/C7H12BrN5/c1-13-6(7(8)11-12-13)5(10-9)4-2-3-4/h4-5,10H,2-3,9H2,1H3. The topological polar surface area (TPSA) is 68.8 Å². The van der Waals surface area contributed by atoms with Crippen LogP contribution in [0.2, 0.25) is 0 Å². The van der Waals surface area contributed by atoms with Gasteiger partial charge in [0.2, 0.25) is 0 Å². The van der Waals surface area contributed by atoms with E-state index in [0.717, 1.165) is 10.3 Å². The monoisotopic (exact) mass is 245 g/mol. The summed E-state index contributed by atoms with van der Waals surface area (Å²) in [5.41, 5.74) is 3.85. The van der Waals surface area contributed by atoms with Gasteiger partial charge in [0.25, 0.3) is 0 Å². The Labute approximate surface area is 84.8 Å². The molecule has 0 amide bonds. The van der Waals surface area contributed by atoms with E-state index < -0.39 is 0 Å². The molecule has 0 saturated heterocycles. The zero-order chi connectivity index (χ0) is 9.42. The van der Waals surface area contributed by atoms with Crippen molar-refractivity contribution in [1.82, 2.24) is 20.4 Å². The van der Waals surface area contributed by atoms with Gasteiger partial charge in [0.05, 0.1) is 11.7 Å². The van der Waals surface area contributed by atoms with Gasteiger partial charge in [-0.1, -0.05) is 5.21 Å². The van der Waals surface area contributed by atoms with E-state index in [9.17, 15) is 0 Å². The van der Waals surface area contributed by atoms with Crippen LogP contribution in [0.25, 0.3) is 0 Å². The summed E-state index contributed by atoms with van der Waals surface area (Å²) in [6.07, 6.45) is 2.46. The summed E-state index contributed by atoms with van der Waals surface area (Å²) in [6.45, 7) is 0. The highest BCUT2D eigenvalue weighted by Gasteiger charge is 2.35. The molecule has 1 unspecified atom stereocenters. The molecule has 1 saturated carbocycles. The van der Waals surface area contributed by atoms with E-state index in [1.54, 1.807) is 4.68 Å². The fourth-order valence-corrected chi connectivity index (χ4v) is 2.11. The van der Waals surface area contributed by atoms with Crippen molar-refractivity contribution < 1.29 is 0 Å². The molecule has 1 aromatic heterocycles. The quantitative estimate of drug-likeness (QED) is 0.601. The molecule has 0 bridgehead atoms. The molecule has 5 nitrogen and oxygen atoms in total. The maximum absolute atomic E-state index is 5.50. The Bertz CT molecular complexity index is 286. The van der Waals surface area contributed by atoms with Crippen LogP contribution in [0.4, 0.5) is 0 Å². The van der Waals surface area contributed by atoms with Crippen molar-refractivity contribution in [2.75, 3.05) is 0 Å². The van der Waals surface area contributed by atoms with Crippen molar-refractivity contribution in [3.05, 3.63) is 10.3 Å². The van der Waals surface area contributed by atoms with Gasteiger partial charge in [0.1, 0.15) is 0 Å². The van der Waals surface area contributed by atoms with Crippen LogP contribution in [0.15, 0.2) is 4.60 Å². The Balaban J connectivity index is 2.30. The van der Waals surface area contributed by atoms with E-state index in [1.807, 2.05) is 7.05 Å². The first-order valence-corrected chi connectivity index (χ1v) is 5.04. The number of aryl methyl sites for hydroxylation is 1. The minimum Gasteiger partial charge on any atom is -0.271 e. The first kappa shape index (κ1) is 9.11. The van der Waals surface area contributed by atoms with Crippen LogP contribution in [0.3, 0.4) is 0 Å². The fraction of sp³-hybridized carbons (Fsp3) is 0.714. The molecule has 72 valence electrons. The van der Waals surface area contributed by atoms with E-state index in [-0.39, 0.29) is 6.04 Å². The third kappa shape index (κ3) is 1.61. The zero-order valence-corrected chi connectivity index (χ0v) is 8.95. The number of hydrogen-bond acceptors (Lipinski definition) is 4. The van der Waals surface area contributed by atoms with Crippen LogP contribution in [-0.4, -0.2) is 15.0 Å². The third-order valence-corrected chi connectivity index (χ3v) is 2.96. The molecule has 1 aliphatic carbocycles. The van der Waals surface area contributed by atoms with Gasteiger partial charge in [0, 0.05) is 7.05 Å². The minimum atomic E-state index is 0.175. The normalized spacial score (nSPS) is 19.0. The van der Waals surface area contributed by atoms with Crippen molar-refractivity contribution in [3.63, 3.8) is 0 Å². The molecule has 3 N–H and O–H groups in total. The number of nitrogens with two attached hydrogens (primary N) is 1. The van der Waals surface area contributed by atoms with Gasteiger partial charge >= 0.3 is 0 Å². The second-order valence-corrected chi connectivity index (χ2v) is 4.12. The molecule has 6 heteroatoms. The van der Waals surface area contributed by atoms with E-state index in [2.05, 4.69) is 31.7 Å². The van der Waals surface area contributed by atoms with Crippen LogP contribution in [-0.2, 0) is 7.05 Å². The second-order valence-electron chi connectivity index (χ2n) is 3.37. The largest absolute Gasteiger partial charge is 0.271 e. The molecular formula is C7H12BrN5. The van der Waals surface area contributed by atoms with E-state index in [1.165, 1.54) is 12.8 Å². The van der Waals surface area contributed by atoms with Crippen LogP contribution < -0.4 is 11.3 Å². The number of hydrazine groups is 1. The number of hydrogen-bond donors (Lipinski definition) is 2. The summed E-state index contributed by atoms with van der Waals surface area (Å²) in [4.78, 5) is 0. The number of nitrogens with zero attached hydrogens (tertiary/aromatic N) is 3. The van der Waals surface area contributed by atoms with Crippen molar-refractivity contribution in [2.24, 2.45) is 18.8 Å². The summed E-state index contributed by atoms with van der Waals surface area (Å²) in [5.74, 6) is 6.14. The van der Waals surface area contributed by atoms with Crippen LogP contribution >= 0.6 is 15.9 Å². The number of halogens is 1. The smallest absolute Gasteiger partial charge is 0.153 e. The van der Waals surface area contributed by atoms with Crippen LogP contribution in [0, 0.1) is 5.92 Å². The first-order valence-electron chi connectivity index (χ1n) is 4.25. The van der Waals surface area contributed by atoms with Gasteiger partial charge in [-0.05, 0) is 34.7 Å². The van der Waals surface area contributed by atoms with Gasteiger partial charge < -0.3 is 0 Å². The van der Waals surface area contributed by atoms with E-state index >= 15 is 0 Å². The molecule has 1 aromatic rings. The average Bonchev–Trinajstić information content (AvgIpc) is 2.88. The van der Waals surface area contributed by atoms with E-state index in [0.29, 0.717) is 5.92 Å². The Hall–Kier alpha value is -0.460. The Morgan fingerprint density at radius 1 is 1.69 bits per heavy atom. The number of rotatable bonds is 3. The Morgan fingerprint density at radius 2 is 2.38 bits per heavy atom. The highest BCUT2D eigenvalue weighted by Crippen LogP contribution is 2.41. The van der Waals surface area contributed by atoms with Crippen molar-refractivity contribution >= 4 is 15.9 Å². The Morgan fingerprint density at radius 3 is 2.77 bits per heavy atom. The SMILES string of the molecule is Cn1nnc(Br)c1C(NN)C1CC1. The van der Waals surface area contributed by atoms with Crippen molar-refractivity contribution in [2.45, 2.75) is 18.9 Å². The highest BCUT2D eigenvalue weighted by atomic mass is 79.9. The van der Waals surface area contributed by atoms with Gasteiger partial charge in [-0.3, -0.25) is 11.3 Å². The summed E-state index contributed by atoms with van der Waals surface area (Å²) in [7, 11) is 1.87. The highest BCUT2D eigenvalue weighted by molar-refractivity contribution is 9.10. The van der Waals surface area contributed by atoms with Gasteiger partial charge in [-0.15, -0.1) is 5.10 Å². The summed E-state index contributed by atoms with van der Waals surface area (Å²) >= 11 is 3.36. The lowest BCUT2D eigenvalue weighted by atomic mass is 10.1. The predicted octanol–water partition coefficient (Wildman–Crippen LogP) is 0.492. The van der Waals surface area contributed by atoms with E-state index in [4.69, 9.17) is 5.84 Å². The molecule has 1 heterocycles. The maximum atomic E-state index is 5.50. The first-order chi connectivity index (χ1) is 6.24. The molecule has 1 aliphatic rings. The molecule has 0 radical (unpaired) electrons. The molecular weight excluding hydrogens is 234 g/mol. The van der Waals surface area contributed by atoms with Crippen LogP contribution in [0.5, 0.6) is 0 Å². The predicted molar refractivity (Wildman–Crippen MR) is 51.5 cm³/mol. The third-order valence-electron chi connectivity index (χ3n) is 2.39. The second kappa shape index (κ2) is 3.36. The number of nitrogens with one attached hydrogen (secondary N) is 1. The Kier molecular flexibility index (Phi) is 2.35. The van der Waals surface area contributed by atoms with Crippen molar-refractivity contribution in [3.8, 4) is 0 Å². The maximum Gasteiger partial charge on any atom is 0.153 e. The van der Waals surface area contributed by atoms with Crippen LogP contribution in [0.1, 0.15) is 24.6 Å². The summed E-state index contributed by atoms with van der Waals surface area (Å²) < 4.78 is 2.54. The minimum absolute atomic E-state index is 0.175. The van der Waals surface area contributed by atoms with Gasteiger partial charge in [0.15, 0.2) is 4.60 Å². The molecule has 0 spiro atoms. The molecule has 1 atom stereocenters. The summed E-state index contributed by atoms with van der Waals surface area (Å²) in [6, 6.07) is 0.175. The molecule has 0 aliphatic heterocycles. The molecule has 1 fully saturated rings. The fourth-order valence-electron chi connectivity index (χ4n) is 1.54. The van der Waals surface area contributed by atoms with Gasteiger partial charge in [-0.2, -0.15) is 0 Å². The molecule has 0 aromatic carbocycles. The lowest BCUT2D eigenvalue weighted by Crippen LogP contribution is -2.31. The molecule has 2 rings (SSSR count). The number of aromatic nitrogens is 3. The van der Waals surface area contributed by atoms with Crippen molar-refractivity contribution in [1.29, 1.82) is 0 Å². The lowest BCUT2D eigenvalue weighted by Gasteiger charge is -2.14. The average molecular weight is 246 g/mol. The zero-order valence-electron chi connectivity index (χ0n) is 7.37.